The second-order valence-corrected chi connectivity index (χ2v) is 4.12. The summed E-state index contributed by atoms with van der Waals surface area (Å²) in [6.45, 7) is 0.260. The van der Waals surface area contributed by atoms with Crippen LogP contribution in [0.25, 0.3) is 11.4 Å². The molecule has 0 aliphatic carbocycles. The molecule has 1 atom stereocenters. The second kappa shape index (κ2) is 5.20. The Kier molecular flexibility index (Phi) is 3.66. The van der Waals surface area contributed by atoms with Crippen molar-refractivity contribution in [1.82, 2.24) is 10.1 Å². The lowest BCUT2D eigenvalue weighted by atomic mass is 10.2. The molecule has 1 N–H and O–H groups in total. The number of aliphatic hydroxyl groups is 1. The van der Waals surface area contributed by atoms with Crippen molar-refractivity contribution in [2.45, 2.75) is 12.5 Å². The van der Waals surface area contributed by atoms with Crippen molar-refractivity contribution in [2.24, 2.45) is 0 Å². The highest BCUT2D eigenvalue weighted by Crippen LogP contribution is 2.18. The van der Waals surface area contributed by atoms with E-state index in [1.165, 1.54) is 7.11 Å². The molecule has 0 aliphatic heterocycles. The van der Waals surface area contributed by atoms with Crippen LogP contribution >= 0.6 is 11.3 Å². The van der Waals surface area contributed by atoms with Crippen molar-refractivity contribution < 1.29 is 14.4 Å². The standard InChI is InChI=1S/C10H12N2O3S/c1-14-5-8(13)4-9-11-10(12-15-9)7-2-3-16-6-7/h2-3,6,8,13H,4-5H2,1H3. The molecule has 1 unspecified atom stereocenters. The van der Waals surface area contributed by atoms with Gasteiger partial charge in [0, 0.05) is 18.1 Å². The number of aromatic nitrogens is 2. The zero-order valence-electron chi connectivity index (χ0n) is 8.79. The van der Waals surface area contributed by atoms with Crippen molar-refractivity contribution in [3.05, 3.63) is 22.7 Å². The van der Waals surface area contributed by atoms with Crippen molar-refractivity contribution in [2.75, 3.05) is 13.7 Å². The van der Waals surface area contributed by atoms with E-state index < -0.39 is 6.10 Å². The van der Waals surface area contributed by atoms with Crippen molar-refractivity contribution >= 4 is 11.3 Å². The summed E-state index contributed by atoms with van der Waals surface area (Å²) >= 11 is 1.57. The van der Waals surface area contributed by atoms with Crippen LogP contribution in [0.1, 0.15) is 5.89 Å². The van der Waals surface area contributed by atoms with Gasteiger partial charge in [-0.15, -0.1) is 0 Å². The maximum absolute atomic E-state index is 9.49. The Balaban J connectivity index is 2.03. The maximum atomic E-state index is 9.49. The molecule has 86 valence electrons. The number of hydrogen-bond acceptors (Lipinski definition) is 6. The smallest absolute Gasteiger partial charge is 0.229 e. The SMILES string of the molecule is COCC(O)Cc1nc(-c2ccsc2)no1. The molecule has 0 saturated heterocycles. The lowest BCUT2D eigenvalue weighted by molar-refractivity contribution is 0.0599. The van der Waals surface area contributed by atoms with Crippen LogP contribution in [0.5, 0.6) is 0 Å². The number of ether oxygens (including phenoxy) is 1. The van der Waals surface area contributed by atoms with Crippen LogP contribution in [0.15, 0.2) is 21.3 Å². The van der Waals surface area contributed by atoms with Crippen LogP contribution in [0.3, 0.4) is 0 Å². The summed E-state index contributed by atoms with van der Waals surface area (Å²) in [5.41, 5.74) is 0.932. The molecule has 0 saturated carbocycles. The van der Waals surface area contributed by atoms with Crippen LogP contribution < -0.4 is 0 Å². The summed E-state index contributed by atoms with van der Waals surface area (Å²) in [7, 11) is 1.54. The van der Waals surface area contributed by atoms with E-state index in [0.29, 0.717) is 18.1 Å². The molecule has 0 aliphatic rings. The molecule has 0 radical (unpaired) electrons. The maximum Gasteiger partial charge on any atom is 0.229 e. The number of thiophene rings is 1. The van der Waals surface area contributed by atoms with Gasteiger partial charge in [-0.05, 0) is 11.4 Å². The quantitative estimate of drug-likeness (QED) is 0.854. The van der Waals surface area contributed by atoms with E-state index in [-0.39, 0.29) is 6.61 Å². The Labute approximate surface area is 96.7 Å². The van der Waals surface area contributed by atoms with E-state index in [1.54, 1.807) is 11.3 Å². The molecule has 6 heteroatoms. The van der Waals surface area contributed by atoms with Crippen LogP contribution in [0.4, 0.5) is 0 Å². The molecule has 0 aromatic carbocycles. The summed E-state index contributed by atoms with van der Waals surface area (Å²) in [5, 5.41) is 17.2. The first-order valence-corrected chi connectivity index (χ1v) is 5.76. The lowest BCUT2D eigenvalue weighted by Crippen LogP contribution is -2.17. The van der Waals surface area contributed by atoms with Gasteiger partial charge in [0.2, 0.25) is 11.7 Å². The van der Waals surface area contributed by atoms with Gasteiger partial charge in [0.05, 0.1) is 19.1 Å². The Morgan fingerprint density at radius 2 is 2.50 bits per heavy atom. The van der Waals surface area contributed by atoms with Gasteiger partial charge in [0.25, 0.3) is 0 Å². The summed E-state index contributed by atoms with van der Waals surface area (Å²) in [6, 6.07) is 1.92. The normalized spacial score (nSPS) is 12.9. The van der Waals surface area contributed by atoms with Crippen molar-refractivity contribution in [3.63, 3.8) is 0 Å². The molecule has 16 heavy (non-hydrogen) atoms. The lowest BCUT2D eigenvalue weighted by Gasteiger charge is -2.04. The van der Waals surface area contributed by atoms with Gasteiger partial charge in [-0.2, -0.15) is 16.3 Å². The van der Waals surface area contributed by atoms with E-state index in [9.17, 15) is 5.11 Å². The first kappa shape index (κ1) is 11.3. The van der Waals surface area contributed by atoms with Gasteiger partial charge < -0.3 is 14.4 Å². The average Bonchev–Trinajstić information content (AvgIpc) is 2.86. The summed E-state index contributed by atoms with van der Waals surface area (Å²) in [4.78, 5) is 4.19. The highest BCUT2D eigenvalue weighted by Gasteiger charge is 2.13. The Morgan fingerprint density at radius 1 is 1.62 bits per heavy atom. The molecular weight excluding hydrogens is 228 g/mol. The molecule has 2 aromatic heterocycles. The third kappa shape index (κ3) is 2.66. The van der Waals surface area contributed by atoms with Crippen LogP contribution in [-0.2, 0) is 11.2 Å². The Bertz CT molecular complexity index is 427. The van der Waals surface area contributed by atoms with Gasteiger partial charge in [-0.1, -0.05) is 5.16 Å². The third-order valence-electron chi connectivity index (χ3n) is 2.02. The molecular formula is C10H12N2O3S. The van der Waals surface area contributed by atoms with Crippen LogP contribution in [-0.4, -0.2) is 35.1 Å². The number of aliphatic hydroxyl groups excluding tert-OH is 1. The van der Waals surface area contributed by atoms with E-state index in [4.69, 9.17) is 9.26 Å². The van der Waals surface area contributed by atoms with E-state index in [2.05, 4.69) is 10.1 Å². The number of nitrogens with zero attached hydrogens (tertiary/aromatic N) is 2. The van der Waals surface area contributed by atoms with Crippen LogP contribution in [0.2, 0.25) is 0 Å². The van der Waals surface area contributed by atoms with Gasteiger partial charge in [0.15, 0.2) is 0 Å². The molecule has 2 heterocycles. The largest absolute Gasteiger partial charge is 0.390 e. The van der Waals surface area contributed by atoms with Gasteiger partial charge >= 0.3 is 0 Å². The molecule has 0 bridgehead atoms. The average molecular weight is 240 g/mol. The highest BCUT2D eigenvalue weighted by atomic mass is 32.1. The number of methoxy groups -OCH3 is 1. The molecule has 0 amide bonds. The van der Waals surface area contributed by atoms with Gasteiger partial charge in [0.1, 0.15) is 0 Å². The second-order valence-electron chi connectivity index (χ2n) is 3.34. The summed E-state index contributed by atoms with van der Waals surface area (Å²) < 4.78 is 9.85. The van der Waals surface area contributed by atoms with E-state index >= 15 is 0 Å². The molecule has 2 aromatic rings. The zero-order valence-corrected chi connectivity index (χ0v) is 9.61. The molecule has 0 spiro atoms. The fraction of sp³-hybridized carbons (Fsp3) is 0.400. The summed E-state index contributed by atoms with van der Waals surface area (Å²) in [6.07, 6.45) is -0.300. The minimum Gasteiger partial charge on any atom is -0.390 e. The first-order valence-electron chi connectivity index (χ1n) is 4.81. The fourth-order valence-corrected chi connectivity index (χ4v) is 1.93. The third-order valence-corrected chi connectivity index (χ3v) is 2.70. The van der Waals surface area contributed by atoms with Crippen molar-refractivity contribution in [3.8, 4) is 11.4 Å². The van der Waals surface area contributed by atoms with Crippen molar-refractivity contribution in [1.29, 1.82) is 0 Å². The minimum atomic E-state index is -0.610. The highest BCUT2D eigenvalue weighted by molar-refractivity contribution is 7.08. The predicted octanol–water partition coefficient (Wildman–Crippen LogP) is 1.35. The molecule has 0 fully saturated rings. The number of rotatable bonds is 5. The zero-order chi connectivity index (χ0) is 11.4. The van der Waals surface area contributed by atoms with E-state index in [1.807, 2.05) is 16.8 Å². The Hall–Kier alpha value is -1.24. The topological polar surface area (TPSA) is 68.4 Å². The van der Waals surface area contributed by atoms with Crippen LogP contribution in [0, 0.1) is 0 Å². The van der Waals surface area contributed by atoms with Gasteiger partial charge in [-0.25, -0.2) is 0 Å². The summed E-state index contributed by atoms with van der Waals surface area (Å²) in [5.74, 6) is 0.978. The Morgan fingerprint density at radius 3 is 3.19 bits per heavy atom. The monoisotopic (exact) mass is 240 g/mol. The minimum absolute atomic E-state index is 0.260. The molecule has 5 nitrogen and oxygen atoms in total. The fourth-order valence-electron chi connectivity index (χ4n) is 1.30. The molecule has 2 rings (SSSR count). The number of hydrogen-bond donors (Lipinski definition) is 1. The first-order chi connectivity index (χ1) is 7.79. The predicted molar refractivity (Wildman–Crippen MR) is 59.2 cm³/mol. The van der Waals surface area contributed by atoms with Gasteiger partial charge in [-0.3, -0.25) is 0 Å². The van der Waals surface area contributed by atoms with E-state index in [0.717, 1.165) is 5.56 Å².